The molecule has 7 heteroatoms. The Hall–Kier alpha value is -3.32. The number of carbonyl (C=O) groups excluding carboxylic acids is 2. The van der Waals surface area contributed by atoms with E-state index in [1.54, 1.807) is 26.2 Å². The highest BCUT2D eigenvalue weighted by molar-refractivity contribution is 6.15. The van der Waals surface area contributed by atoms with Gasteiger partial charge < -0.3 is 19.3 Å². The second-order valence-corrected chi connectivity index (χ2v) is 7.98. The van der Waals surface area contributed by atoms with Crippen molar-refractivity contribution >= 4 is 17.8 Å². The van der Waals surface area contributed by atoms with Crippen molar-refractivity contribution in [3.63, 3.8) is 0 Å². The van der Waals surface area contributed by atoms with Crippen LogP contribution in [0.1, 0.15) is 41.3 Å². The van der Waals surface area contributed by atoms with Crippen molar-refractivity contribution in [3.05, 3.63) is 58.8 Å². The van der Waals surface area contributed by atoms with Gasteiger partial charge in [-0.15, -0.1) is 0 Å². The number of esters is 1. The molecule has 1 N–H and O–H groups in total. The number of phenols is 1. The molecule has 0 aromatic heterocycles. The van der Waals surface area contributed by atoms with Crippen molar-refractivity contribution < 1.29 is 28.9 Å². The first-order valence-electron chi connectivity index (χ1n) is 10.8. The van der Waals surface area contributed by atoms with Crippen LogP contribution in [-0.4, -0.2) is 48.6 Å². The zero-order valence-corrected chi connectivity index (χ0v) is 18.3. The number of phenolic OH excluding ortho intramolecular Hbond substituents is 1. The summed E-state index contributed by atoms with van der Waals surface area (Å²) < 4.78 is 16.4. The molecule has 1 unspecified atom stereocenters. The van der Waals surface area contributed by atoms with Gasteiger partial charge in [0.2, 0.25) is 5.78 Å². The van der Waals surface area contributed by atoms with Crippen molar-refractivity contribution in [2.24, 2.45) is 5.92 Å². The van der Waals surface area contributed by atoms with Crippen molar-refractivity contribution in [2.45, 2.75) is 26.3 Å². The Labute approximate surface area is 187 Å². The summed E-state index contributed by atoms with van der Waals surface area (Å²) in [6, 6.07) is 10.4. The molecule has 32 heavy (non-hydrogen) atoms. The lowest BCUT2D eigenvalue weighted by Gasteiger charge is -2.31. The van der Waals surface area contributed by atoms with E-state index in [1.807, 2.05) is 24.3 Å². The summed E-state index contributed by atoms with van der Waals surface area (Å²) in [5.74, 6) is 0.723. The third-order valence-corrected chi connectivity index (χ3v) is 5.81. The van der Waals surface area contributed by atoms with Crippen LogP contribution in [0.5, 0.6) is 17.2 Å². The van der Waals surface area contributed by atoms with Gasteiger partial charge in [-0.25, -0.2) is 0 Å². The highest BCUT2D eigenvalue weighted by Crippen LogP contribution is 2.40. The zero-order chi connectivity index (χ0) is 22.7. The molecular formula is C25H27NO6. The fraction of sp³-hybridized carbons (Fsp3) is 0.360. The molecule has 2 heterocycles. The maximum Gasteiger partial charge on any atom is 0.310 e. The number of carbonyl (C=O) groups is 2. The van der Waals surface area contributed by atoms with Crippen LogP contribution in [0.3, 0.4) is 0 Å². The quantitative estimate of drug-likeness (QED) is 0.544. The first-order chi connectivity index (χ1) is 15.5. The van der Waals surface area contributed by atoms with Crippen LogP contribution >= 0.6 is 0 Å². The molecule has 1 atom stereocenters. The number of ether oxygens (including phenoxy) is 3. The van der Waals surface area contributed by atoms with Gasteiger partial charge in [0.05, 0.1) is 30.8 Å². The van der Waals surface area contributed by atoms with E-state index < -0.39 is 0 Å². The third-order valence-electron chi connectivity index (χ3n) is 5.81. The first-order valence-corrected chi connectivity index (χ1v) is 10.8. The molecule has 2 aliphatic heterocycles. The summed E-state index contributed by atoms with van der Waals surface area (Å²) in [4.78, 5) is 27.2. The van der Waals surface area contributed by atoms with Crippen LogP contribution in [0.15, 0.2) is 42.2 Å². The summed E-state index contributed by atoms with van der Waals surface area (Å²) in [5, 5.41) is 10.5. The number of benzene rings is 2. The van der Waals surface area contributed by atoms with Gasteiger partial charge in [0.25, 0.3) is 0 Å². The minimum Gasteiger partial charge on any atom is -0.507 e. The minimum absolute atomic E-state index is 0.0671. The average Bonchev–Trinajstić information content (AvgIpc) is 3.11. The lowest BCUT2D eigenvalue weighted by Crippen LogP contribution is -2.39. The summed E-state index contributed by atoms with van der Waals surface area (Å²) >= 11 is 0. The van der Waals surface area contributed by atoms with E-state index in [0.29, 0.717) is 42.3 Å². The van der Waals surface area contributed by atoms with E-state index in [1.165, 1.54) is 6.07 Å². The predicted molar refractivity (Wildman–Crippen MR) is 119 cm³/mol. The van der Waals surface area contributed by atoms with Crippen LogP contribution in [0.25, 0.3) is 6.08 Å². The summed E-state index contributed by atoms with van der Waals surface area (Å²) in [5.41, 5.74) is 1.75. The van der Waals surface area contributed by atoms with Gasteiger partial charge in [-0.05, 0) is 62.2 Å². The highest BCUT2D eigenvalue weighted by atomic mass is 16.5. The molecule has 0 radical (unpaired) electrons. The Balaban J connectivity index is 1.57. The monoisotopic (exact) mass is 437 g/mol. The van der Waals surface area contributed by atoms with Gasteiger partial charge in [-0.2, -0.15) is 0 Å². The molecule has 0 amide bonds. The normalized spacial score (nSPS) is 19.5. The number of rotatable bonds is 6. The molecule has 2 aromatic carbocycles. The van der Waals surface area contributed by atoms with Crippen molar-refractivity contribution in [2.75, 3.05) is 26.8 Å². The molecule has 0 saturated carbocycles. The van der Waals surface area contributed by atoms with E-state index in [2.05, 4.69) is 4.90 Å². The van der Waals surface area contributed by atoms with Gasteiger partial charge >= 0.3 is 5.97 Å². The summed E-state index contributed by atoms with van der Waals surface area (Å²) in [6.07, 6.45) is 3.32. The molecule has 0 aliphatic carbocycles. The number of methoxy groups -OCH3 is 1. The second kappa shape index (κ2) is 9.44. The zero-order valence-electron chi connectivity index (χ0n) is 18.3. The Bertz CT molecular complexity index is 1060. The molecular weight excluding hydrogens is 410 g/mol. The standard InChI is InChI=1S/C25H27NO6/c1-3-31-25(29)17-7-5-11-26(14-17)15-20-21(27)10-9-19-23(28)22(32-24(19)20)13-16-6-4-8-18(12-16)30-2/h4,6,8-10,12-13,17,27H,3,5,7,11,14-15H2,1-2H3/b22-13-. The molecule has 0 bridgehead atoms. The topological polar surface area (TPSA) is 85.3 Å². The molecule has 168 valence electrons. The number of hydrogen-bond donors (Lipinski definition) is 1. The van der Waals surface area contributed by atoms with Crippen LogP contribution < -0.4 is 9.47 Å². The number of aromatic hydroxyl groups is 1. The van der Waals surface area contributed by atoms with Gasteiger partial charge in [-0.1, -0.05) is 12.1 Å². The number of fused-ring (bicyclic) bond motifs is 1. The number of piperidine rings is 1. The number of likely N-dealkylation sites (tertiary alicyclic amines) is 1. The molecule has 1 saturated heterocycles. The molecule has 1 fully saturated rings. The second-order valence-electron chi connectivity index (χ2n) is 7.98. The van der Waals surface area contributed by atoms with Crippen molar-refractivity contribution in [1.29, 1.82) is 0 Å². The minimum atomic E-state index is -0.230. The fourth-order valence-electron chi connectivity index (χ4n) is 4.21. The smallest absolute Gasteiger partial charge is 0.310 e. The molecule has 4 rings (SSSR count). The van der Waals surface area contributed by atoms with E-state index in [-0.39, 0.29) is 29.2 Å². The van der Waals surface area contributed by atoms with Crippen LogP contribution in [0.4, 0.5) is 0 Å². The maximum atomic E-state index is 12.9. The van der Waals surface area contributed by atoms with Crippen LogP contribution in [0.2, 0.25) is 0 Å². The van der Waals surface area contributed by atoms with Crippen LogP contribution in [-0.2, 0) is 16.1 Å². The van der Waals surface area contributed by atoms with E-state index >= 15 is 0 Å². The molecule has 7 nitrogen and oxygen atoms in total. The Morgan fingerprint density at radius 2 is 2.16 bits per heavy atom. The number of ketones is 1. The lowest BCUT2D eigenvalue weighted by molar-refractivity contribution is -0.150. The average molecular weight is 437 g/mol. The Morgan fingerprint density at radius 1 is 1.31 bits per heavy atom. The van der Waals surface area contributed by atoms with Crippen molar-refractivity contribution in [3.8, 4) is 17.2 Å². The number of hydrogen-bond acceptors (Lipinski definition) is 7. The van der Waals surface area contributed by atoms with Crippen LogP contribution in [0, 0.1) is 5.92 Å². The highest BCUT2D eigenvalue weighted by Gasteiger charge is 2.33. The number of Topliss-reactive ketones (excluding diaryl/α,β-unsaturated/α-hetero) is 1. The van der Waals surface area contributed by atoms with Gasteiger partial charge in [0, 0.05) is 13.1 Å². The third kappa shape index (κ3) is 4.48. The van der Waals surface area contributed by atoms with E-state index in [4.69, 9.17) is 14.2 Å². The molecule has 2 aromatic rings. The molecule has 0 spiro atoms. The first kappa shape index (κ1) is 21.9. The Kier molecular flexibility index (Phi) is 6.46. The van der Waals surface area contributed by atoms with Gasteiger partial charge in [-0.3, -0.25) is 14.5 Å². The van der Waals surface area contributed by atoms with Gasteiger partial charge in [0.15, 0.2) is 5.76 Å². The molecule has 2 aliphatic rings. The number of allylic oxidation sites excluding steroid dienone is 1. The van der Waals surface area contributed by atoms with E-state index in [0.717, 1.165) is 24.9 Å². The number of nitrogens with zero attached hydrogens (tertiary/aromatic N) is 1. The fourth-order valence-corrected chi connectivity index (χ4v) is 4.21. The SMILES string of the molecule is CCOC(=O)C1CCCN(Cc2c(O)ccc3c2O/C(=C\c2cccc(OC)c2)C3=O)C1. The predicted octanol–water partition coefficient (Wildman–Crippen LogP) is 3.79. The van der Waals surface area contributed by atoms with Gasteiger partial charge in [0.1, 0.15) is 17.2 Å². The van der Waals surface area contributed by atoms with Crippen molar-refractivity contribution in [1.82, 2.24) is 4.90 Å². The summed E-state index contributed by atoms with van der Waals surface area (Å²) in [7, 11) is 1.58. The lowest BCUT2D eigenvalue weighted by atomic mass is 9.97. The Morgan fingerprint density at radius 3 is 2.94 bits per heavy atom. The summed E-state index contributed by atoms with van der Waals surface area (Å²) in [6.45, 7) is 3.88. The maximum absolute atomic E-state index is 12.9. The van der Waals surface area contributed by atoms with E-state index in [9.17, 15) is 14.7 Å². The largest absolute Gasteiger partial charge is 0.507 e.